The van der Waals surface area contributed by atoms with Gasteiger partial charge in [-0.1, -0.05) is 34.1 Å². The third kappa shape index (κ3) is 2.42. The van der Waals surface area contributed by atoms with Gasteiger partial charge in [-0.2, -0.15) is 4.68 Å². The zero-order valence-electron chi connectivity index (χ0n) is 11.7. The monoisotopic (exact) mass is 343 g/mol. The maximum Gasteiger partial charge on any atom is 0.188 e. The average Bonchev–Trinajstić information content (AvgIpc) is 2.90. The van der Waals surface area contributed by atoms with Gasteiger partial charge in [-0.05, 0) is 53.6 Å². The Morgan fingerprint density at radius 2 is 1.81 bits per heavy atom. The molecule has 0 aliphatic rings. The molecule has 2 aromatic carbocycles. The second-order valence-corrected chi connectivity index (χ2v) is 5.75. The van der Waals surface area contributed by atoms with Crippen molar-refractivity contribution >= 4 is 21.6 Å². The van der Waals surface area contributed by atoms with Crippen LogP contribution < -0.4 is 5.73 Å². The standard InChI is InChI=1S/C15H14BrN5/c1-9-4-3-5-10(2)14(9)21-15(18-19-20-21)12-8-11(17)6-7-13(12)16/h3-8H,17H2,1-2H3. The molecule has 0 aliphatic heterocycles. The first-order valence-corrected chi connectivity index (χ1v) is 7.27. The van der Waals surface area contributed by atoms with Crippen molar-refractivity contribution in [1.82, 2.24) is 20.2 Å². The van der Waals surface area contributed by atoms with Crippen molar-refractivity contribution in [2.45, 2.75) is 13.8 Å². The quantitative estimate of drug-likeness (QED) is 0.725. The van der Waals surface area contributed by atoms with Crippen molar-refractivity contribution in [3.05, 3.63) is 52.0 Å². The van der Waals surface area contributed by atoms with E-state index in [2.05, 4.69) is 31.5 Å². The first kappa shape index (κ1) is 13.8. The molecule has 1 aromatic heterocycles. The number of hydrogen-bond acceptors (Lipinski definition) is 4. The van der Waals surface area contributed by atoms with E-state index >= 15 is 0 Å². The van der Waals surface area contributed by atoms with Crippen LogP contribution in [0.1, 0.15) is 11.1 Å². The summed E-state index contributed by atoms with van der Waals surface area (Å²) in [6.45, 7) is 4.09. The van der Waals surface area contributed by atoms with Crippen molar-refractivity contribution in [3.63, 3.8) is 0 Å². The Balaban J connectivity index is 2.25. The number of nitrogen functional groups attached to an aromatic ring is 1. The van der Waals surface area contributed by atoms with E-state index in [0.717, 1.165) is 26.9 Å². The topological polar surface area (TPSA) is 69.6 Å². The molecule has 0 bridgehead atoms. The van der Waals surface area contributed by atoms with Gasteiger partial charge >= 0.3 is 0 Å². The largest absolute Gasteiger partial charge is 0.399 e. The summed E-state index contributed by atoms with van der Waals surface area (Å²) < 4.78 is 2.66. The lowest BCUT2D eigenvalue weighted by Crippen LogP contribution is -2.05. The molecule has 6 heteroatoms. The number of aromatic nitrogens is 4. The van der Waals surface area contributed by atoms with Crippen LogP contribution in [0.5, 0.6) is 0 Å². The molecule has 0 saturated heterocycles. The summed E-state index contributed by atoms with van der Waals surface area (Å²) in [4.78, 5) is 0. The fourth-order valence-electron chi connectivity index (χ4n) is 2.36. The molecule has 0 radical (unpaired) electrons. The zero-order chi connectivity index (χ0) is 15.0. The Kier molecular flexibility index (Phi) is 3.47. The molecule has 21 heavy (non-hydrogen) atoms. The van der Waals surface area contributed by atoms with Gasteiger partial charge in [0.05, 0.1) is 5.69 Å². The number of benzene rings is 2. The Morgan fingerprint density at radius 1 is 1.10 bits per heavy atom. The highest BCUT2D eigenvalue weighted by atomic mass is 79.9. The molecule has 0 saturated carbocycles. The summed E-state index contributed by atoms with van der Waals surface area (Å²) in [6, 6.07) is 11.7. The van der Waals surface area contributed by atoms with Gasteiger partial charge in [0.25, 0.3) is 0 Å². The number of nitrogens with zero attached hydrogens (tertiary/aromatic N) is 4. The molecule has 0 amide bonds. The van der Waals surface area contributed by atoms with Gasteiger partial charge in [0.2, 0.25) is 0 Å². The minimum atomic E-state index is 0.659. The van der Waals surface area contributed by atoms with Crippen LogP contribution in [0.25, 0.3) is 17.1 Å². The number of aryl methyl sites for hydroxylation is 2. The van der Waals surface area contributed by atoms with E-state index in [0.29, 0.717) is 11.5 Å². The molecule has 1 heterocycles. The Labute approximate surface area is 130 Å². The maximum atomic E-state index is 5.88. The lowest BCUT2D eigenvalue weighted by molar-refractivity contribution is 0.783. The SMILES string of the molecule is Cc1cccc(C)c1-n1nnnc1-c1cc(N)ccc1Br. The third-order valence-electron chi connectivity index (χ3n) is 3.35. The van der Waals surface area contributed by atoms with Crippen LogP contribution in [-0.4, -0.2) is 20.2 Å². The smallest absolute Gasteiger partial charge is 0.188 e. The van der Waals surface area contributed by atoms with Gasteiger partial charge in [-0.3, -0.25) is 0 Å². The number of tetrazole rings is 1. The van der Waals surface area contributed by atoms with E-state index in [1.165, 1.54) is 0 Å². The summed E-state index contributed by atoms with van der Waals surface area (Å²) in [5, 5.41) is 12.1. The van der Waals surface area contributed by atoms with Crippen molar-refractivity contribution in [2.75, 3.05) is 5.73 Å². The molecule has 0 fully saturated rings. The van der Waals surface area contributed by atoms with E-state index < -0.39 is 0 Å². The van der Waals surface area contributed by atoms with Gasteiger partial charge in [0, 0.05) is 15.7 Å². The van der Waals surface area contributed by atoms with Crippen molar-refractivity contribution in [1.29, 1.82) is 0 Å². The molecule has 0 unspecified atom stereocenters. The van der Waals surface area contributed by atoms with Crippen LogP contribution >= 0.6 is 15.9 Å². The van der Waals surface area contributed by atoms with E-state index in [4.69, 9.17) is 5.73 Å². The van der Waals surface area contributed by atoms with Crippen LogP contribution in [-0.2, 0) is 0 Å². The molecule has 106 valence electrons. The van der Waals surface area contributed by atoms with Gasteiger partial charge in [0.1, 0.15) is 0 Å². The van der Waals surface area contributed by atoms with Gasteiger partial charge < -0.3 is 5.73 Å². The van der Waals surface area contributed by atoms with E-state index in [1.807, 2.05) is 50.2 Å². The molecule has 0 atom stereocenters. The first-order valence-electron chi connectivity index (χ1n) is 6.48. The Bertz CT molecular complexity index is 789. The molecule has 5 nitrogen and oxygen atoms in total. The van der Waals surface area contributed by atoms with E-state index in [-0.39, 0.29) is 0 Å². The predicted molar refractivity (Wildman–Crippen MR) is 86.2 cm³/mol. The highest BCUT2D eigenvalue weighted by Gasteiger charge is 2.16. The minimum absolute atomic E-state index is 0.659. The predicted octanol–water partition coefficient (Wildman–Crippen LogP) is 3.29. The summed E-state index contributed by atoms with van der Waals surface area (Å²) >= 11 is 3.53. The van der Waals surface area contributed by atoms with Gasteiger partial charge in [-0.25, -0.2) is 0 Å². The second kappa shape index (κ2) is 5.29. The van der Waals surface area contributed by atoms with Crippen molar-refractivity contribution in [2.24, 2.45) is 0 Å². The summed E-state index contributed by atoms with van der Waals surface area (Å²) in [7, 11) is 0. The molecule has 3 aromatic rings. The maximum absolute atomic E-state index is 5.88. The highest BCUT2D eigenvalue weighted by Crippen LogP contribution is 2.30. The van der Waals surface area contributed by atoms with Crippen molar-refractivity contribution in [3.8, 4) is 17.1 Å². The summed E-state index contributed by atoms with van der Waals surface area (Å²) in [5.74, 6) is 0.659. The van der Waals surface area contributed by atoms with Crippen LogP contribution in [0, 0.1) is 13.8 Å². The number of rotatable bonds is 2. The number of hydrogen-bond donors (Lipinski definition) is 1. The van der Waals surface area contributed by atoms with Crippen LogP contribution in [0.3, 0.4) is 0 Å². The Hall–Kier alpha value is -2.21. The number of para-hydroxylation sites is 1. The van der Waals surface area contributed by atoms with Crippen LogP contribution in [0.4, 0.5) is 5.69 Å². The molecular formula is C15H14BrN5. The molecule has 2 N–H and O–H groups in total. The average molecular weight is 344 g/mol. The van der Waals surface area contributed by atoms with Crippen LogP contribution in [0.2, 0.25) is 0 Å². The molecule has 3 rings (SSSR count). The molecular weight excluding hydrogens is 330 g/mol. The normalized spacial score (nSPS) is 10.8. The van der Waals surface area contributed by atoms with Gasteiger partial charge in [0.15, 0.2) is 5.82 Å². The van der Waals surface area contributed by atoms with E-state index in [9.17, 15) is 0 Å². The second-order valence-electron chi connectivity index (χ2n) is 4.89. The molecule has 0 aliphatic carbocycles. The van der Waals surface area contributed by atoms with Gasteiger partial charge in [-0.15, -0.1) is 5.10 Å². The third-order valence-corrected chi connectivity index (χ3v) is 4.04. The minimum Gasteiger partial charge on any atom is -0.399 e. The summed E-state index contributed by atoms with van der Waals surface area (Å²) in [5.41, 5.74) is 10.6. The van der Waals surface area contributed by atoms with Crippen LogP contribution in [0.15, 0.2) is 40.9 Å². The lowest BCUT2D eigenvalue weighted by Gasteiger charge is -2.12. The number of nitrogens with two attached hydrogens (primary N) is 1. The fraction of sp³-hybridized carbons (Fsp3) is 0.133. The number of anilines is 1. The number of halogens is 1. The molecule has 0 spiro atoms. The zero-order valence-corrected chi connectivity index (χ0v) is 13.3. The fourth-order valence-corrected chi connectivity index (χ4v) is 2.78. The Morgan fingerprint density at radius 3 is 2.52 bits per heavy atom. The summed E-state index contributed by atoms with van der Waals surface area (Å²) in [6.07, 6.45) is 0. The van der Waals surface area contributed by atoms with E-state index in [1.54, 1.807) is 4.68 Å². The van der Waals surface area contributed by atoms with Crippen molar-refractivity contribution < 1.29 is 0 Å². The lowest BCUT2D eigenvalue weighted by atomic mass is 10.1. The first-order chi connectivity index (χ1) is 10.1. The highest BCUT2D eigenvalue weighted by molar-refractivity contribution is 9.10.